The summed E-state index contributed by atoms with van der Waals surface area (Å²) in [5.74, 6) is 0.572. The van der Waals surface area contributed by atoms with Crippen molar-refractivity contribution in [3.05, 3.63) is 80.9 Å². The first-order valence-electron chi connectivity index (χ1n) is 9.57. The van der Waals surface area contributed by atoms with Crippen LogP contribution in [0.2, 0.25) is 0 Å². The highest BCUT2D eigenvalue weighted by Gasteiger charge is 2.20. The quantitative estimate of drug-likeness (QED) is 0.438. The Hall–Kier alpha value is -3.53. The van der Waals surface area contributed by atoms with Gasteiger partial charge in [0.2, 0.25) is 5.91 Å². The molecule has 0 fully saturated rings. The lowest BCUT2D eigenvalue weighted by Gasteiger charge is -2.09. The van der Waals surface area contributed by atoms with E-state index in [0.29, 0.717) is 35.2 Å². The van der Waals surface area contributed by atoms with Crippen LogP contribution in [0.3, 0.4) is 0 Å². The van der Waals surface area contributed by atoms with Crippen molar-refractivity contribution >= 4 is 28.8 Å². The maximum absolute atomic E-state index is 12.9. The monoisotopic (exact) mass is 439 g/mol. The number of thioether (sulfide) groups is 1. The van der Waals surface area contributed by atoms with Crippen molar-refractivity contribution in [3.8, 4) is 0 Å². The van der Waals surface area contributed by atoms with E-state index in [1.807, 2.05) is 30.3 Å². The highest BCUT2D eigenvalue weighted by Crippen LogP contribution is 2.23. The fourth-order valence-electron chi connectivity index (χ4n) is 3.23. The number of rotatable bonds is 7. The second kappa shape index (κ2) is 8.68. The van der Waals surface area contributed by atoms with Crippen LogP contribution < -0.4 is 16.6 Å². The lowest BCUT2D eigenvalue weighted by atomic mass is 10.2. The first-order chi connectivity index (χ1) is 15.0. The lowest BCUT2D eigenvalue weighted by Crippen LogP contribution is -2.37. The fourth-order valence-corrected chi connectivity index (χ4v) is 4.05. The Balaban J connectivity index is 1.66. The summed E-state index contributed by atoms with van der Waals surface area (Å²) in [6.45, 7) is 0.684. The van der Waals surface area contributed by atoms with Gasteiger partial charge in [0.25, 0.3) is 5.56 Å². The van der Waals surface area contributed by atoms with Gasteiger partial charge in [0.15, 0.2) is 16.3 Å². The van der Waals surface area contributed by atoms with Crippen LogP contribution in [0, 0.1) is 0 Å². The van der Waals surface area contributed by atoms with Crippen LogP contribution in [0.4, 0.5) is 0 Å². The topological polar surface area (TPSA) is 104 Å². The van der Waals surface area contributed by atoms with Crippen molar-refractivity contribution in [1.82, 2.24) is 24.0 Å². The minimum atomic E-state index is -0.449. The standard InChI is InChI=1S/C21H21N5O4S/c1-24-18-17(19(28)25(2)21(24)29)26(12-14-7-4-3-5-8-14)20(23-18)31-13-16(27)22-11-15-9-6-10-30-15/h3-10H,11-13H2,1-2H3,(H,22,27). The zero-order valence-corrected chi connectivity index (χ0v) is 17.9. The van der Waals surface area contributed by atoms with Crippen LogP contribution in [0.5, 0.6) is 0 Å². The smallest absolute Gasteiger partial charge is 0.332 e. The van der Waals surface area contributed by atoms with Crippen LogP contribution in [0.25, 0.3) is 11.2 Å². The third kappa shape index (κ3) is 4.19. The van der Waals surface area contributed by atoms with Gasteiger partial charge < -0.3 is 14.3 Å². The highest BCUT2D eigenvalue weighted by atomic mass is 32.2. The number of imidazole rings is 1. The molecule has 0 unspecified atom stereocenters. The van der Waals surface area contributed by atoms with Crippen molar-refractivity contribution in [2.75, 3.05) is 5.75 Å². The van der Waals surface area contributed by atoms with Gasteiger partial charge in [-0.3, -0.25) is 18.7 Å². The number of carbonyl (C=O) groups is 1. The van der Waals surface area contributed by atoms with Gasteiger partial charge in [-0.15, -0.1) is 0 Å². The number of hydrogen-bond donors (Lipinski definition) is 1. The van der Waals surface area contributed by atoms with Crippen molar-refractivity contribution < 1.29 is 9.21 Å². The summed E-state index contributed by atoms with van der Waals surface area (Å²) in [7, 11) is 3.02. The Morgan fingerprint density at radius 1 is 1.10 bits per heavy atom. The van der Waals surface area contributed by atoms with Gasteiger partial charge in [0.05, 0.1) is 25.1 Å². The third-order valence-electron chi connectivity index (χ3n) is 4.87. The van der Waals surface area contributed by atoms with E-state index in [2.05, 4.69) is 10.3 Å². The van der Waals surface area contributed by atoms with E-state index in [0.717, 1.165) is 10.1 Å². The highest BCUT2D eigenvalue weighted by molar-refractivity contribution is 7.99. The van der Waals surface area contributed by atoms with Gasteiger partial charge in [-0.05, 0) is 17.7 Å². The average Bonchev–Trinajstić information content (AvgIpc) is 3.42. The number of furan rings is 1. The molecule has 0 spiro atoms. The molecule has 0 saturated carbocycles. The maximum Gasteiger partial charge on any atom is 0.332 e. The summed E-state index contributed by atoms with van der Waals surface area (Å²) in [5, 5.41) is 3.28. The molecule has 1 N–H and O–H groups in total. The molecule has 0 aliphatic heterocycles. The fraction of sp³-hybridized carbons (Fsp3) is 0.238. The van der Waals surface area contributed by atoms with Crippen LogP contribution in [0.15, 0.2) is 67.9 Å². The summed E-state index contributed by atoms with van der Waals surface area (Å²) >= 11 is 1.21. The number of fused-ring (bicyclic) bond motifs is 1. The number of benzene rings is 1. The second-order valence-electron chi connectivity index (χ2n) is 6.99. The number of aryl methyl sites for hydroxylation is 1. The molecule has 10 heteroatoms. The number of carbonyl (C=O) groups excluding carboxylic acids is 1. The van der Waals surface area contributed by atoms with Crippen LogP contribution in [-0.2, 0) is 32.0 Å². The Kier molecular flexibility index (Phi) is 5.81. The molecule has 0 aliphatic carbocycles. The largest absolute Gasteiger partial charge is 0.467 e. The molecule has 0 bridgehead atoms. The predicted octanol–water partition coefficient (Wildman–Crippen LogP) is 1.48. The summed E-state index contributed by atoms with van der Waals surface area (Å²) in [6.07, 6.45) is 1.55. The van der Waals surface area contributed by atoms with Crippen LogP contribution in [0.1, 0.15) is 11.3 Å². The average molecular weight is 439 g/mol. The van der Waals surface area contributed by atoms with Gasteiger partial charge in [0, 0.05) is 14.1 Å². The predicted molar refractivity (Wildman–Crippen MR) is 117 cm³/mol. The molecule has 0 saturated heterocycles. The second-order valence-corrected chi connectivity index (χ2v) is 7.93. The molecule has 4 rings (SSSR count). The molecule has 4 aromatic rings. The maximum atomic E-state index is 12.9. The summed E-state index contributed by atoms with van der Waals surface area (Å²) < 4.78 is 9.39. The number of aromatic nitrogens is 4. The van der Waals surface area contributed by atoms with E-state index in [4.69, 9.17) is 4.42 Å². The van der Waals surface area contributed by atoms with E-state index < -0.39 is 11.2 Å². The molecule has 0 radical (unpaired) electrons. The van der Waals surface area contributed by atoms with Gasteiger partial charge in [-0.2, -0.15) is 0 Å². The van der Waals surface area contributed by atoms with Crippen molar-refractivity contribution in [1.29, 1.82) is 0 Å². The number of amides is 1. The molecular weight excluding hydrogens is 418 g/mol. The number of nitrogens with one attached hydrogen (secondary N) is 1. The molecule has 9 nitrogen and oxygen atoms in total. The minimum Gasteiger partial charge on any atom is -0.467 e. The SMILES string of the molecule is Cn1c(=O)c2c(nc(SCC(=O)NCc3ccco3)n2Cc2ccccc2)n(C)c1=O. The molecule has 3 heterocycles. The zero-order chi connectivity index (χ0) is 22.0. The molecule has 160 valence electrons. The molecule has 0 atom stereocenters. The van der Waals surface area contributed by atoms with Crippen molar-refractivity contribution in [2.45, 2.75) is 18.2 Å². The first kappa shape index (κ1) is 20.7. The van der Waals surface area contributed by atoms with Crippen molar-refractivity contribution in [2.24, 2.45) is 14.1 Å². The van der Waals surface area contributed by atoms with E-state index in [1.54, 1.807) is 30.0 Å². The molecular formula is C21H21N5O4S. The van der Waals surface area contributed by atoms with Crippen LogP contribution >= 0.6 is 11.8 Å². The summed E-state index contributed by atoms with van der Waals surface area (Å²) in [6, 6.07) is 13.2. The Morgan fingerprint density at radius 2 is 1.87 bits per heavy atom. The molecule has 0 aliphatic rings. The van der Waals surface area contributed by atoms with E-state index in [-0.39, 0.29) is 11.7 Å². The Bertz CT molecular complexity index is 1340. The molecule has 1 amide bonds. The van der Waals surface area contributed by atoms with Gasteiger partial charge >= 0.3 is 5.69 Å². The summed E-state index contributed by atoms with van der Waals surface area (Å²) in [4.78, 5) is 42.1. The Labute approximate surface area is 181 Å². The first-order valence-corrected chi connectivity index (χ1v) is 10.6. The van der Waals surface area contributed by atoms with Gasteiger partial charge in [-0.1, -0.05) is 42.1 Å². The number of nitrogens with zero attached hydrogens (tertiary/aromatic N) is 4. The van der Waals surface area contributed by atoms with Crippen LogP contribution in [-0.4, -0.2) is 30.3 Å². The normalized spacial score (nSPS) is 11.2. The van der Waals surface area contributed by atoms with E-state index >= 15 is 0 Å². The molecule has 31 heavy (non-hydrogen) atoms. The number of hydrogen-bond acceptors (Lipinski definition) is 6. The lowest BCUT2D eigenvalue weighted by molar-refractivity contribution is -0.118. The summed E-state index contributed by atoms with van der Waals surface area (Å²) in [5.41, 5.74) is 0.724. The van der Waals surface area contributed by atoms with Gasteiger partial charge in [-0.25, -0.2) is 9.78 Å². The third-order valence-corrected chi connectivity index (χ3v) is 5.85. The van der Waals surface area contributed by atoms with Gasteiger partial charge in [0.1, 0.15) is 5.76 Å². The molecule has 3 aromatic heterocycles. The van der Waals surface area contributed by atoms with E-state index in [9.17, 15) is 14.4 Å². The molecule has 1 aromatic carbocycles. The zero-order valence-electron chi connectivity index (χ0n) is 17.1. The van der Waals surface area contributed by atoms with E-state index in [1.165, 1.54) is 23.4 Å². The Morgan fingerprint density at radius 3 is 2.58 bits per heavy atom. The van der Waals surface area contributed by atoms with Crippen molar-refractivity contribution in [3.63, 3.8) is 0 Å². The minimum absolute atomic E-state index is 0.104.